The van der Waals surface area contributed by atoms with Crippen LogP contribution in [0.5, 0.6) is 0 Å². The summed E-state index contributed by atoms with van der Waals surface area (Å²) in [6.07, 6.45) is 4.28. The summed E-state index contributed by atoms with van der Waals surface area (Å²) in [5.41, 5.74) is 1.70. The summed E-state index contributed by atoms with van der Waals surface area (Å²) >= 11 is 0. The molecular weight excluding hydrogens is 180 g/mol. The minimum atomic E-state index is -0.953. The van der Waals surface area contributed by atoms with Gasteiger partial charge < -0.3 is 5.11 Å². The van der Waals surface area contributed by atoms with Crippen molar-refractivity contribution < 1.29 is 9.90 Å². The fourth-order valence-electron chi connectivity index (χ4n) is 1.18. The molecule has 0 unspecified atom stereocenters. The van der Waals surface area contributed by atoms with E-state index in [4.69, 9.17) is 5.11 Å². The Bertz CT molecular complexity index is 358. The van der Waals surface area contributed by atoms with Gasteiger partial charge in [-0.2, -0.15) is 5.10 Å². The fraction of sp³-hybridized carbons (Fsp3) is 0.400. The molecule has 14 heavy (non-hydrogen) atoms. The van der Waals surface area contributed by atoms with Gasteiger partial charge in [-0.25, -0.2) is 4.79 Å². The average Bonchev–Trinajstić information content (AvgIpc) is 2.46. The monoisotopic (exact) mass is 194 g/mol. The minimum Gasteiger partial charge on any atom is -0.478 e. The highest BCUT2D eigenvalue weighted by molar-refractivity contribution is 5.85. The Labute approximate surface area is 82.6 Å². The van der Waals surface area contributed by atoms with Gasteiger partial charge in [0.2, 0.25) is 0 Å². The predicted octanol–water partition coefficient (Wildman–Crippen LogP) is 1.80. The lowest BCUT2D eigenvalue weighted by molar-refractivity contribution is -0.131. The molecule has 1 rings (SSSR count). The number of H-pyrrole nitrogens is 1. The second kappa shape index (κ2) is 3.65. The molecule has 1 aromatic rings. The molecular formula is C10H14N2O2. The van der Waals surface area contributed by atoms with Crippen molar-refractivity contribution in [3.8, 4) is 0 Å². The predicted molar refractivity (Wildman–Crippen MR) is 54.0 cm³/mol. The molecule has 0 aliphatic heterocycles. The van der Waals surface area contributed by atoms with Crippen molar-refractivity contribution in [2.75, 3.05) is 0 Å². The van der Waals surface area contributed by atoms with Gasteiger partial charge in [-0.15, -0.1) is 0 Å². The molecule has 0 aliphatic carbocycles. The third-order valence-corrected chi connectivity index (χ3v) is 1.82. The van der Waals surface area contributed by atoms with Gasteiger partial charge in [0, 0.05) is 22.7 Å². The third kappa shape index (κ3) is 2.45. The molecule has 0 amide bonds. The number of carboxylic acid groups (broad SMARTS) is 1. The van der Waals surface area contributed by atoms with E-state index in [9.17, 15) is 4.79 Å². The zero-order valence-corrected chi connectivity index (χ0v) is 8.53. The van der Waals surface area contributed by atoms with Gasteiger partial charge in [0.15, 0.2) is 0 Å². The summed E-state index contributed by atoms with van der Waals surface area (Å²) in [5.74, 6) is -0.953. The van der Waals surface area contributed by atoms with Gasteiger partial charge in [-0.05, 0) is 6.08 Å². The van der Waals surface area contributed by atoms with Crippen LogP contribution < -0.4 is 0 Å². The molecule has 0 bridgehead atoms. The van der Waals surface area contributed by atoms with Crippen LogP contribution in [0.1, 0.15) is 32.0 Å². The molecule has 0 radical (unpaired) electrons. The van der Waals surface area contributed by atoms with Crippen LogP contribution in [-0.2, 0) is 10.2 Å². The molecule has 0 spiro atoms. The van der Waals surface area contributed by atoms with Crippen molar-refractivity contribution in [3.05, 3.63) is 23.5 Å². The Morgan fingerprint density at radius 3 is 2.71 bits per heavy atom. The highest BCUT2D eigenvalue weighted by Crippen LogP contribution is 2.23. The highest BCUT2D eigenvalue weighted by atomic mass is 16.4. The number of carbonyl (C=O) groups is 1. The van der Waals surface area contributed by atoms with Crippen LogP contribution in [0.2, 0.25) is 0 Å². The molecule has 76 valence electrons. The lowest BCUT2D eigenvalue weighted by atomic mass is 9.89. The van der Waals surface area contributed by atoms with Crippen LogP contribution in [0, 0.1) is 0 Å². The first-order chi connectivity index (χ1) is 6.41. The molecule has 4 heteroatoms. The maximum atomic E-state index is 10.3. The van der Waals surface area contributed by atoms with Gasteiger partial charge >= 0.3 is 5.97 Å². The summed E-state index contributed by atoms with van der Waals surface area (Å²) in [7, 11) is 0. The van der Waals surface area contributed by atoms with Crippen LogP contribution in [0.3, 0.4) is 0 Å². The second-order valence-electron chi connectivity index (χ2n) is 4.12. The van der Waals surface area contributed by atoms with Gasteiger partial charge in [0.1, 0.15) is 0 Å². The zero-order chi connectivity index (χ0) is 10.8. The second-order valence-corrected chi connectivity index (χ2v) is 4.12. The van der Waals surface area contributed by atoms with Crippen molar-refractivity contribution in [3.63, 3.8) is 0 Å². The Morgan fingerprint density at radius 2 is 2.21 bits per heavy atom. The smallest absolute Gasteiger partial charge is 0.328 e. The number of aliphatic carboxylic acids is 1. The van der Waals surface area contributed by atoms with Crippen molar-refractivity contribution in [2.45, 2.75) is 26.2 Å². The lowest BCUT2D eigenvalue weighted by Gasteiger charge is -2.16. The van der Waals surface area contributed by atoms with E-state index < -0.39 is 5.97 Å². The number of carboxylic acids is 1. The summed E-state index contributed by atoms with van der Waals surface area (Å²) in [6.45, 7) is 6.12. The number of hydrogen-bond donors (Lipinski definition) is 2. The summed E-state index contributed by atoms with van der Waals surface area (Å²) < 4.78 is 0. The largest absolute Gasteiger partial charge is 0.478 e. The maximum Gasteiger partial charge on any atom is 0.328 e. The van der Waals surface area contributed by atoms with Crippen LogP contribution in [0.4, 0.5) is 0 Å². The molecule has 4 nitrogen and oxygen atoms in total. The van der Waals surface area contributed by atoms with E-state index in [2.05, 4.69) is 10.2 Å². The molecule has 0 atom stereocenters. The number of hydrogen-bond acceptors (Lipinski definition) is 2. The summed E-state index contributed by atoms with van der Waals surface area (Å²) in [6, 6.07) is 0. The van der Waals surface area contributed by atoms with E-state index in [0.717, 1.165) is 17.3 Å². The first kappa shape index (κ1) is 10.5. The Hall–Kier alpha value is -1.58. The molecule has 1 heterocycles. The van der Waals surface area contributed by atoms with E-state index in [1.807, 2.05) is 20.8 Å². The average molecular weight is 194 g/mol. The van der Waals surface area contributed by atoms with Gasteiger partial charge in [-0.3, -0.25) is 5.10 Å². The standard InChI is InChI=1S/C10H14N2O2/c1-10(2,3)9-7(6-11-12-9)4-5-8(13)14/h4-6H,1-3H3,(H,11,12)(H,13,14)/b5-4+. The normalized spacial score (nSPS) is 12.2. The number of aromatic nitrogens is 2. The topological polar surface area (TPSA) is 66.0 Å². The number of nitrogens with zero attached hydrogens (tertiary/aromatic N) is 1. The molecule has 2 N–H and O–H groups in total. The van der Waals surface area contributed by atoms with Crippen LogP contribution in [0.25, 0.3) is 6.08 Å². The van der Waals surface area contributed by atoms with E-state index in [1.165, 1.54) is 0 Å². The van der Waals surface area contributed by atoms with E-state index in [0.29, 0.717) is 0 Å². The Morgan fingerprint density at radius 1 is 1.57 bits per heavy atom. The number of rotatable bonds is 2. The van der Waals surface area contributed by atoms with Crippen molar-refractivity contribution >= 4 is 12.0 Å². The summed E-state index contributed by atoms with van der Waals surface area (Å²) in [4.78, 5) is 10.3. The molecule has 0 aliphatic rings. The zero-order valence-electron chi connectivity index (χ0n) is 8.53. The first-order valence-corrected chi connectivity index (χ1v) is 4.36. The molecule has 0 aromatic carbocycles. The lowest BCUT2D eigenvalue weighted by Crippen LogP contribution is -2.13. The van der Waals surface area contributed by atoms with E-state index >= 15 is 0 Å². The van der Waals surface area contributed by atoms with Crippen molar-refractivity contribution in [1.29, 1.82) is 0 Å². The molecule has 1 aromatic heterocycles. The Kier molecular flexibility index (Phi) is 2.74. The highest BCUT2D eigenvalue weighted by Gasteiger charge is 2.18. The van der Waals surface area contributed by atoms with Crippen LogP contribution >= 0.6 is 0 Å². The van der Waals surface area contributed by atoms with Crippen molar-refractivity contribution in [1.82, 2.24) is 10.2 Å². The number of nitrogens with one attached hydrogen (secondary N) is 1. The van der Waals surface area contributed by atoms with Gasteiger partial charge in [0.05, 0.1) is 6.20 Å². The molecule has 0 fully saturated rings. The van der Waals surface area contributed by atoms with E-state index in [1.54, 1.807) is 12.3 Å². The van der Waals surface area contributed by atoms with Crippen molar-refractivity contribution in [2.24, 2.45) is 0 Å². The minimum absolute atomic E-state index is 0.0608. The maximum absolute atomic E-state index is 10.3. The van der Waals surface area contributed by atoms with Crippen LogP contribution in [0.15, 0.2) is 12.3 Å². The van der Waals surface area contributed by atoms with E-state index in [-0.39, 0.29) is 5.41 Å². The number of aromatic amines is 1. The third-order valence-electron chi connectivity index (χ3n) is 1.82. The quantitative estimate of drug-likeness (QED) is 0.705. The fourth-order valence-corrected chi connectivity index (χ4v) is 1.18. The summed E-state index contributed by atoms with van der Waals surface area (Å²) in [5, 5.41) is 15.3. The SMILES string of the molecule is CC(C)(C)c1[nH]ncc1/C=C/C(=O)O. The Balaban J connectivity index is 3.00. The van der Waals surface area contributed by atoms with Gasteiger partial charge in [0.25, 0.3) is 0 Å². The van der Waals surface area contributed by atoms with Gasteiger partial charge in [-0.1, -0.05) is 20.8 Å². The molecule has 0 saturated carbocycles. The van der Waals surface area contributed by atoms with Crippen LogP contribution in [-0.4, -0.2) is 21.3 Å². The first-order valence-electron chi connectivity index (χ1n) is 4.36. The molecule has 0 saturated heterocycles.